The second-order valence-electron chi connectivity index (χ2n) is 19.0. The van der Waals surface area contributed by atoms with E-state index in [-0.39, 0.29) is 39.0 Å². The number of likely N-dealkylation sites (N-methyl/N-ethyl adjacent to an activating group) is 1. The largest absolute Gasteiger partial charge is 0.464 e. The Morgan fingerprint density at radius 3 is 2.60 bits per heavy atom. The maximum absolute atomic E-state index is 16.3. The molecule has 6 heterocycles. The van der Waals surface area contributed by atoms with Gasteiger partial charge < -0.3 is 29.2 Å². The minimum Gasteiger partial charge on any atom is -0.464 e. The number of nitrogens with one attached hydrogen (secondary N) is 2. The number of aromatic nitrogens is 3. The number of rotatable bonds is 10. The van der Waals surface area contributed by atoms with Crippen molar-refractivity contribution >= 4 is 51.8 Å². The molecular weight excluding hydrogens is 909 g/mol. The summed E-state index contributed by atoms with van der Waals surface area (Å²) in [5.74, 6) is -4.05. The molecule has 2 fully saturated rings. The Bertz CT molecular complexity index is 2600. The van der Waals surface area contributed by atoms with Crippen LogP contribution >= 0.6 is 11.3 Å². The average Bonchev–Trinajstić information content (AvgIpc) is 4.02. The molecule has 5 atom stereocenters. The number of alkyl halides is 4. The molecule has 1 aromatic carbocycles. The number of ether oxygens (including phenoxy) is 2. The second kappa shape index (κ2) is 19.7. The van der Waals surface area contributed by atoms with Crippen molar-refractivity contribution in [1.82, 2.24) is 40.1 Å². The Morgan fingerprint density at radius 2 is 1.91 bits per heavy atom. The highest BCUT2D eigenvalue weighted by Crippen LogP contribution is 2.43. The first-order valence-electron chi connectivity index (χ1n) is 22.6. The molecule has 0 radical (unpaired) electrons. The van der Waals surface area contributed by atoms with E-state index in [0.717, 1.165) is 11.0 Å². The lowest BCUT2D eigenvalue weighted by atomic mass is 9.84. The third-order valence-electron chi connectivity index (χ3n) is 12.9. The summed E-state index contributed by atoms with van der Waals surface area (Å²) in [7, 11) is 2.81. The summed E-state index contributed by atoms with van der Waals surface area (Å²) >= 11 is 1.25. The van der Waals surface area contributed by atoms with Crippen LogP contribution in [0.25, 0.3) is 32.7 Å². The molecule has 68 heavy (non-hydrogen) atoms. The quantitative estimate of drug-likeness (QED) is 0.104. The first-order valence-corrected chi connectivity index (χ1v) is 23.5. The molecule has 3 aromatic heterocycles. The molecule has 366 valence electrons. The van der Waals surface area contributed by atoms with Crippen molar-refractivity contribution < 1.29 is 51.0 Å². The van der Waals surface area contributed by atoms with Crippen LogP contribution in [0.3, 0.4) is 0 Å². The van der Waals surface area contributed by atoms with Crippen molar-refractivity contribution in [2.45, 2.75) is 109 Å². The number of nitrogens with zero attached hydrogens (tertiary/aromatic N) is 6. The van der Waals surface area contributed by atoms with Gasteiger partial charge in [0.15, 0.2) is 0 Å². The van der Waals surface area contributed by atoms with E-state index >= 15 is 4.39 Å². The summed E-state index contributed by atoms with van der Waals surface area (Å²) in [6, 6.07) is 5.00. The highest BCUT2D eigenvalue weighted by atomic mass is 32.1. The van der Waals surface area contributed by atoms with E-state index in [4.69, 9.17) is 14.5 Å². The van der Waals surface area contributed by atoms with Gasteiger partial charge in [0, 0.05) is 79.1 Å². The molecule has 3 aliphatic heterocycles. The molecule has 7 rings (SSSR count). The number of amides is 4. The summed E-state index contributed by atoms with van der Waals surface area (Å²) in [6.07, 6.45) is -2.10. The van der Waals surface area contributed by atoms with Gasteiger partial charge in [-0.2, -0.15) is 13.2 Å². The Morgan fingerprint density at radius 1 is 1.16 bits per heavy atom. The number of hydrogen-bond acceptors (Lipinski definition) is 11. The predicted molar refractivity (Wildman–Crippen MR) is 246 cm³/mol. The average molecular weight is 967 g/mol. The summed E-state index contributed by atoms with van der Waals surface area (Å²) in [4.78, 5) is 80.5. The smallest absolute Gasteiger partial charge is 0.406 e. The Balaban J connectivity index is 1.30. The molecule has 20 heteroatoms. The van der Waals surface area contributed by atoms with Crippen molar-refractivity contribution in [1.29, 1.82) is 0 Å². The summed E-state index contributed by atoms with van der Waals surface area (Å²) in [5.41, 5.74) is 2.78. The van der Waals surface area contributed by atoms with Crippen LogP contribution in [-0.4, -0.2) is 129 Å². The van der Waals surface area contributed by atoms with Crippen LogP contribution in [0.5, 0.6) is 0 Å². The number of fused-ring (bicyclic) bond motifs is 6. The fourth-order valence-corrected chi connectivity index (χ4v) is 10.3. The first kappa shape index (κ1) is 50.2. The normalized spacial score (nSPS) is 22.1. The van der Waals surface area contributed by atoms with Gasteiger partial charge in [-0.05, 0) is 74.1 Å². The molecule has 0 saturated carbocycles. The number of carbonyl (C=O) groups is 5. The molecule has 1 unspecified atom stereocenters. The van der Waals surface area contributed by atoms with Gasteiger partial charge in [-0.3, -0.25) is 34.0 Å². The number of benzene rings is 1. The van der Waals surface area contributed by atoms with E-state index < -0.39 is 90.1 Å². The van der Waals surface area contributed by atoms with Crippen LogP contribution in [0.4, 0.5) is 17.6 Å². The fourth-order valence-electron chi connectivity index (χ4n) is 9.47. The van der Waals surface area contributed by atoms with Gasteiger partial charge in [0.05, 0.1) is 36.3 Å². The van der Waals surface area contributed by atoms with Crippen LogP contribution in [0.1, 0.15) is 76.9 Å². The fraction of sp³-hybridized carbons (Fsp3) is 0.521. The lowest BCUT2D eigenvalue weighted by Gasteiger charge is -2.37. The molecule has 2 N–H and O–H groups in total. The first-order chi connectivity index (χ1) is 32.0. The Hall–Kier alpha value is -5.73. The molecule has 2 saturated heterocycles. The SMILES string of the molecule is C=CC(=O)N1CC[C@](F)(C(=O)N(C)C(C(=O)N[C@H]2Cc3csc(n3)-c3ccc4c(c3)c(c(-c3cccnc3[C@H](C)OC)n4CC(F)(F)F)CC(C)(C)COC(=O)[C@@H]3CCCN(N3)C2=O)C(C)C)C1. The number of methoxy groups -OCH3 is 1. The van der Waals surface area contributed by atoms with Gasteiger partial charge in [-0.25, -0.2) is 14.8 Å². The van der Waals surface area contributed by atoms with Crippen LogP contribution < -0.4 is 10.7 Å². The molecule has 15 nitrogen and oxygen atoms in total. The van der Waals surface area contributed by atoms with Gasteiger partial charge in [0.25, 0.3) is 11.8 Å². The molecular formula is C48H58F4N8O7S. The number of cyclic esters (lactones) is 1. The van der Waals surface area contributed by atoms with Crippen molar-refractivity contribution in [3.8, 4) is 21.8 Å². The third kappa shape index (κ3) is 10.5. The van der Waals surface area contributed by atoms with E-state index in [1.54, 1.807) is 62.7 Å². The molecule has 4 amide bonds. The number of likely N-dealkylation sites (tertiary alicyclic amines) is 1. The van der Waals surface area contributed by atoms with Gasteiger partial charge in [0.2, 0.25) is 17.5 Å². The lowest BCUT2D eigenvalue weighted by molar-refractivity contribution is -0.155. The number of thiazole rings is 1. The van der Waals surface area contributed by atoms with E-state index in [1.165, 1.54) is 40.0 Å². The minimum atomic E-state index is -4.61. The number of carbonyl (C=O) groups excluding carboxylic acids is 5. The maximum Gasteiger partial charge on any atom is 0.406 e. The van der Waals surface area contributed by atoms with E-state index in [0.29, 0.717) is 62.5 Å². The topological polar surface area (TPSA) is 168 Å². The highest BCUT2D eigenvalue weighted by Gasteiger charge is 2.50. The van der Waals surface area contributed by atoms with Crippen LogP contribution in [0.2, 0.25) is 0 Å². The van der Waals surface area contributed by atoms with Crippen LogP contribution in [-0.2, 0) is 52.8 Å². The van der Waals surface area contributed by atoms with Crippen molar-refractivity contribution in [2.75, 3.05) is 40.4 Å². The highest BCUT2D eigenvalue weighted by molar-refractivity contribution is 7.13. The zero-order valence-corrected chi connectivity index (χ0v) is 40.1. The monoisotopic (exact) mass is 966 g/mol. The Kier molecular flexibility index (Phi) is 14.5. The zero-order valence-electron chi connectivity index (χ0n) is 39.2. The summed E-state index contributed by atoms with van der Waals surface area (Å²) in [6.45, 7) is 10.5. The van der Waals surface area contributed by atoms with Crippen LogP contribution in [0, 0.1) is 11.3 Å². The van der Waals surface area contributed by atoms with Gasteiger partial charge >= 0.3 is 12.1 Å². The van der Waals surface area contributed by atoms with Crippen molar-refractivity contribution in [2.24, 2.45) is 11.3 Å². The zero-order chi connectivity index (χ0) is 49.5. The van der Waals surface area contributed by atoms with Crippen molar-refractivity contribution in [3.05, 3.63) is 71.5 Å². The second-order valence-corrected chi connectivity index (χ2v) is 19.9. The van der Waals surface area contributed by atoms with Gasteiger partial charge in [-0.15, -0.1) is 11.3 Å². The maximum atomic E-state index is 16.3. The molecule has 4 aromatic rings. The number of pyridine rings is 1. The van der Waals surface area contributed by atoms with Crippen LogP contribution in [0.15, 0.2) is 54.6 Å². The van der Waals surface area contributed by atoms with Crippen molar-refractivity contribution in [3.63, 3.8) is 0 Å². The van der Waals surface area contributed by atoms with E-state index in [1.807, 2.05) is 13.8 Å². The van der Waals surface area contributed by atoms with E-state index in [2.05, 4.69) is 22.3 Å². The Labute approximate surface area is 396 Å². The number of hydrogen-bond donors (Lipinski definition) is 2. The lowest BCUT2D eigenvalue weighted by Crippen LogP contribution is -2.62. The minimum absolute atomic E-state index is 0.0118. The van der Waals surface area contributed by atoms with E-state index in [9.17, 15) is 37.1 Å². The standard InChI is InChI=1S/C48H58F4N8O7S/c1-9-37(61)58-19-16-47(49,24-58)45(65)57(7)39(27(2)3)41(62)55-35-21-30-23-68-42(54-30)29-14-15-36-32(20-29)33(22-46(5,6)26-67-44(64)34-13-11-18-60(56-34)43(35)63)40(59(36)25-48(50,51)52)31-12-10-17-53-38(31)28(4)66-8/h9-10,12,14-15,17,20,23,27-28,34-35,39,56H,1,11,13,16,18-19,21-22,24-26H2,2-8H3,(H,55,62)/t28-,34-,35-,39?,47+/m0/s1. The summed E-state index contributed by atoms with van der Waals surface area (Å²) < 4.78 is 73.0. The van der Waals surface area contributed by atoms with Gasteiger partial charge in [-0.1, -0.05) is 34.3 Å². The molecule has 6 bridgehead atoms. The number of esters is 1. The molecule has 0 aliphatic carbocycles. The predicted octanol–water partition coefficient (Wildman–Crippen LogP) is 6.35. The molecule has 3 aliphatic rings. The molecule has 0 spiro atoms. The number of halogens is 4. The van der Waals surface area contributed by atoms with Gasteiger partial charge in [0.1, 0.15) is 29.7 Å². The summed E-state index contributed by atoms with van der Waals surface area (Å²) in [5, 5.41) is 6.83. The number of hydrazine groups is 1. The third-order valence-corrected chi connectivity index (χ3v) is 13.8.